The molecule has 0 fully saturated rings. The lowest BCUT2D eigenvalue weighted by molar-refractivity contribution is 0.801. The third kappa shape index (κ3) is 4.49. The van der Waals surface area contributed by atoms with E-state index in [9.17, 15) is 0 Å². The van der Waals surface area contributed by atoms with Crippen LogP contribution in [0.1, 0.15) is 22.3 Å². The van der Waals surface area contributed by atoms with Crippen LogP contribution in [0.2, 0.25) is 0 Å². The number of benzene rings is 8. The second kappa shape index (κ2) is 12.0. The minimum Gasteiger partial charge on any atom is -0.208 e. The maximum atomic E-state index is 5.01. The monoisotopic (exact) mass is 705 g/mol. The summed E-state index contributed by atoms with van der Waals surface area (Å²) in [4.78, 5) is 14.9. The van der Waals surface area contributed by atoms with E-state index in [2.05, 4.69) is 131 Å². The van der Waals surface area contributed by atoms with Gasteiger partial charge in [0.1, 0.15) is 0 Å². The van der Waals surface area contributed by atoms with Crippen LogP contribution in [0.25, 0.3) is 78.3 Å². The lowest BCUT2D eigenvalue weighted by atomic mass is 9.69. The highest BCUT2D eigenvalue weighted by atomic mass is 31.0. The third-order valence-electron chi connectivity index (χ3n) is 11.2. The molecule has 1 aromatic heterocycles. The fourth-order valence-corrected chi connectivity index (χ4v) is 9.27. The Bertz CT molecular complexity index is 2830. The zero-order valence-corrected chi connectivity index (χ0v) is 30.4. The lowest BCUT2D eigenvalue weighted by Gasteiger charge is -2.31. The average Bonchev–Trinajstić information content (AvgIpc) is 3.72. The van der Waals surface area contributed by atoms with Crippen LogP contribution in [0.4, 0.5) is 0 Å². The molecule has 4 heteroatoms. The maximum Gasteiger partial charge on any atom is 0.164 e. The topological polar surface area (TPSA) is 38.7 Å². The predicted octanol–water partition coefficient (Wildman–Crippen LogP) is 11.5. The minimum atomic E-state index is -0.446. The van der Waals surface area contributed by atoms with Gasteiger partial charge in [-0.15, -0.1) is 9.24 Å². The highest BCUT2D eigenvalue weighted by molar-refractivity contribution is 7.27. The molecule has 2 aliphatic carbocycles. The number of hydrogen-bond acceptors (Lipinski definition) is 3. The number of aromatic nitrogens is 3. The van der Waals surface area contributed by atoms with Crippen LogP contribution < -0.4 is 5.30 Å². The van der Waals surface area contributed by atoms with Crippen molar-refractivity contribution in [3.63, 3.8) is 0 Å². The molecule has 8 aromatic carbocycles. The maximum absolute atomic E-state index is 5.01. The smallest absolute Gasteiger partial charge is 0.164 e. The molecular weight excluding hydrogens is 674 g/mol. The summed E-state index contributed by atoms with van der Waals surface area (Å²) in [7, 11) is 2.94. The van der Waals surface area contributed by atoms with Crippen molar-refractivity contribution in [2.24, 2.45) is 0 Å². The second-order valence-electron chi connectivity index (χ2n) is 14.2. The van der Waals surface area contributed by atoms with Gasteiger partial charge in [0.05, 0.1) is 5.41 Å². The van der Waals surface area contributed by atoms with Gasteiger partial charge in [0.25, 0.3) is 0 Å². The quantitative estimate of drug-likeness (QED) is 0.171. The van der Waals surface area contributed by atoms with Crippen LogP contribution in [0, 0.1) is 0 Å². The molecule has 0 aliphatic heterocycles. The summed E-state index contributed by atoms with van der Waals surface area (Å²) >= 11 is 0. The van der Waals surface area contributed by atoms with Gasteiger partial charge < -0.3 is 0 Å². The second-order valence-corrected chi connectivity index (χ2v) is 14.8. The van der Waals surface area contributed by atoms with Crippen LogP contribution in [-0.2, 0) is 5.41 Å². The first-order chi connectivity index (χ1) is 26.7. The molecule has 11 rings (SSSR count). The molecule has 0 saturated carbocycles. The van der Waals surface area contributed by atoms with Gasteiger partial charge in [-0.3, -0.25) is 0 Å². The molecule has 2 aliphatic rings. The van der Waals surface area contributed by atoms with E-state index < -0.39 is 5.41 Å². The summed E-state index contributed by atoms with van der Waals surface area (Å²) < 4.78 is 0. The van der Waals surface area contributed by atoms with E-state index in [0.717, 1.165) is 22.3 Å². The van der Waals surface area contributed by atoms with E-state index in [1.165, 1.54) is 66.1 Å². The van der Waals surface area contributed by atoms with E-state index in [1.54, 1.807) is 0 Å². The Balaban J connectivity index is 1.15. The van der Waals surface area contributed by atoms with Gasteiger partial charge in [-0.2, -0.15) is 0 Å². The molecular formula is C50H32N3P. The molecule has 0 amide bonds. The fraction of sp³-hybridized carbons (Fsp3) is 0.0200. The van der Waals surface area contributed by atoms with Crippen LogP contribution in [0.15, 0.2) is 182 Å². The molecule has 0 bridgehead atoms. The van der Waals surface area contributed by atoms with Crippen molar-refractivity contribution in [1.82, 2.24) is 15.0 Å². The highest BCUT2D eigenvalue weighted by Gasteiger charge is 2.53. The summed E-state index contributed by atoms with van der Waals surface area (Å²) in [6.07, 6.45) is 0. The SMILES string of the molecule is Pc1ccc2cc(-c3ccc(-c4nc(-c5ccccc5)nc(-c5ccccc5)n4)cc3)c3c(c2c1)C1(c2ccccc2-c2ccccc21)c1ccccc1-3. The van der Waals surface area contributed by atoms with Crippen molar-refractivity contribution >= 4 is 25.3 Å². The lowest BCUT2D eigenvalue weighted by Crippen LogP contribution is -2.26. The first-order valence-corrected chi connectivity index (χ1v) is 18.9. The summed E-state index contributed by atoms with van der Waals surface area (Å²) in [5, 5.41) is 3.69. The first-order valence-electron chi connectivity index (χ1n) is 18.3. The van der Waals surface area contributed by atoms with Gasteiger partial charge >= 0.3 is 0 Å². The molecule has 252 valence electrons. The van der Waals surface area contributed by atoms with Crippen molar-refractivity contribution in [2.75, 3.05) is 0 Å². The van der Waals surface area contributed by atoms with Gasteiger partial charge in [0.2, 0.25) is 0 Å². The molecule has 0 saturated heterocycles. The van der Waals surface area contributed by atoms with Gasteiger partial charge in [-0.25, -0.2) is 15.0 Å². The van der Waals surface area contributed by atoms with Crippen LogP contribution in [-0.4, -0.2) is 15.0 Å². The Morgan fingerprint density at radius 2 is 0.815 bits per heavy atom. The van der Waals surface area contributed by atoms with Gasteiger partial charge in [-0.05, 0) is 83.8 Å². The molecule has 0 N–H and O–H groups in total. The van der Waals surface area contributed by atoms with Crippen molar-refractivity contribution in [2.45, 2.75) is 5.41 Å². The van der Waals surface area contributed by atoms with Crippen molar-refractivity contribution in [1.29, 1.82) is 0 Å². The number of hydrogen-bond donors (Lipinski definition) is 0. The molecule has 9 aromatic rings. The number of nitrogens with zero attached hydrogens (tertiary/aromatic N) is 3. The Morgan fingerprint density at radius 1 is 0.370 bits per heavy atom. The van der Waals surface area contributed by atoms with Gasteiger partial charge in [-0.1, -0.05) is 170 Å². The number of rotatable bonds is 4. The largest absolute Gasteiger partial charge is 0.208 e. The molecule has 1 spiro atoms. The number of fused-ring (bicyclic) bond motifs is 12. The zero-order valence-electron chi connectivity index (χ0n) is 29.2. The molecule has 3 nitrogen and oxygen atoms in total. The third-order valence-corrected chi connectivity index (χ3v) is 11.6. The van der Waals surface area contributed by atoms with Crippen LogP contribution in [0.5, 0.6) is 0 Å². The van der Waals surface area contributed by atoms with Crippen molar-refractivity contribution < 1.29 is 0 Å². The Hall–Kier alpha value is -6.54. The Morgan fingerprint density at radius 3 is 1.37 bits per heavy atom. The summed E-state index contributed by atoms with van der Waals surface area (Å²) in [6, 6.07) is 65.4. The van der Waals surface area contributed by atoms with Gasteiger partial charge in [0, 0.05) is 16.7 Å². The predicted molar refractivity (Wildman–Crippen MR) is 225 cm³/mol. The van der Waals surface area contributed by atoms with E-state index in [0.29, 0.717) is 17.5 Å². The minimum absolute atomic E-state index is 0.446. The average molecular weight is 706 g/mol. The first kappa shape index (κ1) is 31.0. The summed E-state index contributed by atoms with van der Waals surface area (Å²) in [5.74, 6) is 1.96. The Kier molecular flexibility index (Phi) is 6.89. The summed E-state index contributed by atoms with van der Waals surface area (Å²) in [5.41, 5.74) is 15.4. The molecule has 0 radical (unpaired) electrons. The molecule has 1 atom stereocenters. The molecule has 54 heavy (non-hydrogen) atoms. The molecule has 1 heterocycles. The zero-order chi connectivity index (χ0) is 35.8. The van der Waals surface area contributed by atoms with E-state index >= 15 is 0 Å². The Labute approximate surface area is 316 Å². The van der Waals surface area contributed by atoms with Crippen molar-refractivity contribution in [3.05, 3.63) is 204 Å². The van der Waals surface area contributed by atoms with E-state index in [4.69, 9.17) is 15.0 Å². The molecule has 1 unspecified atom stereocenters. The van der Waals surface area contributed by atoms with E-state index in [1.807, 2.05) is 60.7 Å². The van der Waals surface area contributed by atoms with Crippen LogP contribution in [0.3, 0.4) is 0 Å². The highest BCUT2D eigenvalue weighted by Crippen LogP contribution is 2.65. The normalized spacial score (nSPS) is 13.1. The van der Waals surface area contributed by atoms with E-state index in [-0.39, 0.29) is 0 Å². The van der Waals surface area contributed by atoms with Gasteiger partial charge in [0.15, 0.2) is 17.5 Å². The fourth-order valence-electron chi connectivity index (χ4n) is 9.00. The summed E-state index contributed by atoms with van der Waals surface area (Å²) in [6.45, 7) is 0. The van der Waals surface area contributed by atoms with Crippen LogP contribution >= 0.6 is 9.24 Å². The van der Waals surface area contributed by atoms with Crippen molar-refractivity contribution in [3.8, 4) is 67.5 Å². The standard InChI is InChI=1S/C50H32N3P/c54-36-28-27-35-29-40(31-23-25-34(26-24-31)49-52-47(32-13-3-1-4-14-32)51-48(53-49)33-15-5-2-6-16-33)45-39-19-9-12-22-44(39)50(46(45)41(35)30-36)42-20-10-7-17-37(42)38-18-8-11-21-43(38)50/h1-30H,54H2.